The van der Waals surface area contributed by atoms with Gasteiger partial charge in [0.1, 0.15) is 21.6 Å². The fraction of sp³-hybridized carbons (Fsp3) is 0.0952. The lowest BCUT2D eigenvalue weighted by Gasteiger charge is -2.05. The van der Waals surface area contributed by atoms with Crippen LogP contribution in [0, 0.1) is 18.6 Å². The van der Waals surface area contributed by atoms with Gasteiger partial charge in [0, 0.05) is 40.9 Å². The van der Waals surface area contributed by atoms with E-state index >= 15 is 0 Å². The number of hydrogen-bond acceptors (Lipinski definition) is 5. The van der Waals surface area contributed by atoms with Crippen molar-refractivity contribution in [3.8, 4) is 21.1 Å². The van der Waals surface area contributed by atoms with Crippen molar-refractivity contribution < 1.29 is 13.6 Å². The smallest absolute Gasteiger partial charge is 0.179 e. The van der Waals surface area contributed by atoms with Crippen molar-refractivity contribution in [2.45, 2.75) is 13.3 Å². The van der Waals surface area contributed by atoms with Crippen LogP contribution in [0.3, 0.4) is 0 Å². The van der Waals surface area contributed by atoms with Gasteiger partial charge in [-0.05, 0) is 30.7 Å². The highest BCUT2D eigenvalue weighted by Gasteiger charge is 2.18. The van der Waals surface area contributed by atoms with E-state index < -0.39 is 11.6 Å². The van der Waals surface area contributed by atoms with Gasteiger partial charge in [0.25, 0.3) is 0 Å². The van der Waals surface area contributed by atoms with Gasteiger partial charge in [-0.15, -0.1) is 22.7 Å². The Balaban J connectivity index is 1.63. The number of benzene rings is 2. The summed E-state index contributed by atoms with van der Waals surface area (Å²) in [6.45, 7) is 1.97. The number of carbonyl (C=O) groups excluding carboxylic acids is 1. The number of aryl methyl sites for hydroxylation is 1. The molecule has 0 unspecified atom stereocenters. The van der Waals surface area contributed by atoms with Crippen LogP contribution >= 0.6 is 22.7 Å². The van der Waals surface area contributed by atoms with E-state index in [-0.39, 0.29) is 17.8 Å². The summed E-state index contributed by atoms with van der Waals surface area (Å²) in [6, 6.07) is 9.57. The maximum absolute atomic E-state index is 13.8. The van der Waals surface area contributed by atoms with E-state index in [0.29, 0.717) is 9.88 Å². The Bertz CT molecular complexity index is 1130. The fourth-order valence-corrected chi connectivity index (χ4v) is 4.40. The predicted molar refractivity (Wildman–Crippen MR) is 108 cm³/mol. The minimum absolute atomic E-state index is 0.218. The molecule has 0 amide bonds. The zero-order valence-electron chi connectivity index (χ0n) is 14.8. The van der Waals surface area contributed by atoms with Crippen LogP contribution in [0.15, 0.2) is 54.2 Å². The maximum atomic E-state index is 13.8. The highest BCUT2D eigenvalue weighted by molar-refractivity contribution is 7.17. The average molecular weight is 412 g/mol. The molecule has 2 heterocycles. The van der Waals surface area contributed by atoms with Crippen LogP contribution in [0.5, 0.6) is 0 Å². The van der Waals surface area contributed by atoms with Crippen molar-refractivity contribution in [1.29, 1.82) is 0 Å². The minimum atomic E-state index is -0.718. The third kappa shape index (κ3) is 3.63. The normalized spacial score (nSPS) is 11.0. The molecule has 4 aromatic rings. The fourth-order valence-electron chi connectivity index (χ4n) is 2.83. The monoisotopic (exact) mass is 412 g/mol. The lowest BCUT2D eigenvalue weighted by Crippen LogP contribution is -2.05. The summed E-state index contributed by atoms with van der Waals surface area (Å²) in [5, 5.41) is 3.51. The molecule has 3 nitrogen and oxygen atoms in total. The molecule has 0 aliphatic rings. The number of thiazole rings is 2. The average Bonchev–Trinajstić information content (AvgIpc) is 3.37. The van der Waals surface area contributed by atoms with Gasteiger partial charge in [-0.1, -0.05) is 18.2 Å². The molecule has 4 rings (SSSR count). The molecule has 2 aromatic heterocycles. The number of carbonyl (C=O) groups is 1. The van der Waals surface area contributed by atoms with Gasteiger partial charge in [-0.3, -0.25) is 4.79 Å². The molecule has 0 saturated carbocycles. The van der Waals surface area contributed by atoms with E-state index in [4.69, 9.17) is 0 Å². The van der Waals surface area contributed by atoms with Crippen LogP contribution in [-0.4, -0.2) is 15.8 Å². The zero-order valence-corrected chi connectivity index (χ0v) is 16.4. The van der Waals surface area contributed by atoms with Crippen molar-refractivity contribution >= 4 is 28.5 Å². The molecule has 0 radical (unpaired) electrons. The lowest BCUT2D eigenvalue weighted by atomic mass is 10.1. The molecule has 140 valence electrons. The summed E-state index contributed by atoms with van der Waals surface area (Å²) in [5.74, 6) is -1.79. The SMILES string of the molecule is Cc1ccc(-c2nccs2)cc1-c1ncc(C(=O)Cc2c(F)cccc2F)s1. The topological polar surface area (TPSA) is 42.9 Å². The number of ketones is 1. The first-order valence-electron chi connectivity index (χ1n) is 8.45. The Morgan fingerprint density at radius 1 is 1.07 bits per heavy atom. The zero-order chi connectivity index (χ0) is 19.7. The molecule has 0 bridgehead atoms. The van der Waals surface area contributed by atoms with Gasteiger partial charge < -0.3 is 0 Å². The van der Waals surface area contributed by atoms with Crippen molar-refractivity contribution in [3.05, 3.63) is 81.8 Å². The molecule has 2 aromatic carbocycles. The molecular formula is C21H14F2N2OS2. The van der Waals surface area contributed by atoms with E-state index in [1.165, 1.54) is 23.6 Å². The highest BCUT2D eigenvalue weighted by Crippen LogP contribution is 2.33. The molecule has 7 heteroatoms. The van der Waals surface area contributed by atoms with Gasteiger partial charge in [0.15, 0.2) is 5.78 Å². The van der Waals surface area contributed by atoms with Crippen molar-refractivity contribution in [2.24, 2.45) is 0 Å². The van der Waals surface area contributed by atoms with Gasteiger partial charge >= 0.3 is 0 Å². The second kappa shape index (κ2) is 7.69. The van der Waals surface area contributed by atoms with E-state index in [1.807, 2.05) is 30.5 Å². The van der Waals surface area contributed by atoms with Gasteiger partial charge in [0.05, 0.1) is 4.88 Å². The first-order chi connectivity index (χ1) is 13.5. The Morgan fingerprint density at radius 3 is 2.57 bits per heavy atom. The molecule has 0 atom stereocenters. The van der Waals surface area contributed by atoms with Crippen molar-refractivity contribution in [1.82, 2.24) is 9.97 Å². The second-order valence-electron chi connectivity index (χ2n) is 6.20. The molecule has 0 aliphatic heterocycles. The number of aromatic nitrogens is 2. The largest absolute Gasteiger partial charge is 0.293 e. The van der Waals surface area contributed by atoms with Crippen LogP contribution in [0.1, 0.15) is 20.8 Å². The molecule has 0 spiro atoms. The molecule has 0 saturated heterocycles. The number of Topliss-reactive ketones (excluding diaryl/α,β-unsaturated/α-hetero) is 1. The number of halogens is 2. The highest BCUT2D eigenvalue weighted by atomic mass is 32.1. The second-order valence-corrected chi connectivity index (χ2v) is 8.12. The van der Waals surface area contributed by atoms with Gasteiger partial charge in [-0.25, -0.2) is 18.7 Å². The van der Waals surface area contributed by atoms with E-state index in [9.17, 15) is 13.6 Å². The third-order valence-corrected chi connectivity index (χ3v) is 6.22. The third-order valence-electron chi connectivity index (χ3n) is 4.33. The van der Waals surface area contributed by atoms with E-state index in [0.717, 1.165) is 33.8 Å². The lowest BCUT2D eigenvalue weighted by molar-refractivity contribution is 0.0994. The summed E-state index contributed by atoms with van der Waals surface area (Å²) in [5.41, 5.74) is 2.69. The van der Waals surface area contributed by atoms with Crippen LogP contribution < -0.4 is 0 Å². The van der Waals surface area contributed by atoms with Crippen LogP contribution in [0.25, 0.3) is 21.1 Å². The molecule has 0 aliphatic carbocycles. The quantitative estimate of drug-likeness (QED) is 0.381. The maximum Gasteiger partial charge on any atom is 0.179 e. The summed E-state index contributed by atoms with van der Waals surface area (Å²) in [4.78, 5) is 21.6. The van der Waals surface area contributed by atoms with Crippen LogP contribution in [-0.2, 0) is 6.42 Å². The number of nitrogens with zero attached hydrogens (tertiary/aromatic N) is 2. The van der Waals surface area contributed by atoms with Gasteiger partial charge in [0.2, 0.25) is 0 Å². The van der Waals surface area contributed by atoms with Crippen molar-refractivity contribution in [3.63, 3.8) is 0 Å². The summed E-state index contributed by atoms with van der Waals surface area (Å²) < 4.78 is 27.6. The van der Waals surface area contributed by atoms with Crippen molar-refractivity contribution in [2.75, 3.05) is 0 Å². The van der Waals surface area contributed by atoms with Crippen LogP contribution in [0.4, 0.5) is 8.78 Å². The van der Waals surface area contributed by atoms with Crippen LogP contribution in [0.2, 0.25) is 0 Å². The molecule has 0 fully saturated rings. The summed E-state index contributed by atoms with van der Waals surface area (Å²) >= 11 is 2.77. The Morgan fingerprint density at radius 2 is 1.86 bits per heavy atom. The Kier molecular flexibility index (Phi) is 5.11. The predicted octanol–water partition coefficient (Wildman–Crippen LogP) is 5.95. The Hall–Kier alpha value is -2.77. The summed E-state index contributed by atoms with van der Waals surface area (Å²) in [7, 11) is 0. The first-order valence-corrected chi connectivity index (χ1v) is 10.2. The summed E-state index contributed by atoms with van der Waals surface area (Å²) in [6.07, 6.45) is 2.89. The molecule has 28 heavy (non-hydrogen) atoms. The Labute approximate surface area is 168 Å². The molecular weight excluding hydrogens is 398 g/mol. The molecule has 0 N–H and O–H groups in total. The number of rotatable bonds is 5. The van der Waals surface area contributed by atoms with Gasteiger partial charge in [-0.2, -0.15) is 0 Å². The first kappa shape index (κ1) is 18.6. The van der Waals surface area contributed by atoms with E-state index in [1.54, 1.807) is 17.5 Å². The number of hydrogen-bond donors (Lipinski definition) is 0. The standard InChI is InChI=1S/C21H14F2N2OS2/c1-12-5-6-13(20-24-7-8-27-20)9-14(12)21-25-11-19(28-21)18(26)10-15-16(22)3-2-4-17(15)23/h2-9,11H,10H2,1H3. The minimum Gasteiger partial charge on any atom is -0.293 e. The van der Waals surface area contributed by atoms with E-state index in [2.05, 4.69) is 9.97 Å².